The Labute approximate surface area is 141 Å². The van der Waals surface area contributed by atoms with Crippen LogP contribution in [0.2, 0.25) is 0 Å². The van der Waals surface area contributed by atoms with Crippen molar-refractivity contribution in [3.8, 4) is 5.82 Å². The molecule has 0 bridgehead atoms. The molecule has 1 amide bonds. The number of pyridine rings is 1. The van der Waals surface area contributed by atoms with Crippen molar-refractivity contribution in [3.63, 3.8) is 0 Å². The first-order valence-electron chi connectivity index (χ1n) is 6.79. The van der Waals surface area contributed by atoms with E-state index in [0.717, 1.165) is 25.9 Å². The minimum Gasteiger partial charge on any atom is -0.348 e. The number of amides is 1. The van der Waals surface area contributed by atoms with Gasteiger partial charge >= 0.3 is 0 Å². The lowest BCUT2D eigenvalue weighted by Gasteiger charge is -2.23. The van der Waals surface area contributed by atoms with Gasteiger partial charge in [-0.3, -0.25) is 9.36 Å². The number of imidazole rings is 1. The van der Waals surface area contributed by atoms with E-state index in [-0.39, 0.29) is 36.8 Å². The van der Waals surface area contributed by atoms with Gasteiger partial charge in [-0.1, -0.05) is 0 Å². The lowest BCUT2D eigenvalue weighted by Crippen LogP contribution is -2.45. The van der Waals surface area contributed by atoms with Crippen LogP contribution in [-0.2, 0) is 0 Å². The van der Waals surface area contributed by atoms with E-state index in [4.69, 9.17) is 0 Å². The van der Waals surface area contributed by atoms with Gasteiger partial charge in [0, 0.05) is 36.7 Å². The van der Waals surface area contributed by atoms with Crippen LogP contribution < -0.4 is 10.6 Å². The Morgan fingerprint density at radius 1 is 1.36 bits per heavy atom. The molecular weight excluding hydrogens is 325 g/mol. The molecule has 2 aromatic heterocycles. The summed E-state index contributed by atoms with van der Waals surface area (Å²) in [5, 5.41) is 6.34. The van der Waals surface area contributed by atoms with E-state index in [2.05, 4.69) is 20.6 Å². The highest BCUT2D eigenvalue weighted by Gasteiger charge is 2.16. The smallest absolute Gasteiger partial charge is 0.251 e. The van der Waals surface area contributed by atoms with Crippen molar-refractivity contribution in [2.75, 3.05) is 13.1 Å². The number of hydrogen-bond acceptors (Lipinski definition) is 4. The molecule has 3 heterocycles. The Kier molecular flexibility index (Phi) is 7.31. The molecule has 120 valence electrons. The molecule has 0 aromatic carbocycles. The van der Waals surface area contributed by atoms with Crippen LogP contribution in [-0.4, -0.2) is 39.6 Å². The Balaban J connectivity index is 0.00000121. The van der Waals surface area contributed by atoms with Crippen molar-refractivity contribution in [1.82, 2.24) is 25.2 Å². The maximum Gasteiger partial charge on any atom is 0.251 e. The fourth-order valence-electron chi connectivity index (χ4n) is 2.34. The van der Waals surface area contributed by atoms with Crippen LogP contribution in [0.25, 0.3) is 5.82 Å². The van der Waals surface area contributed by atoms with Crippen molar-refractivity contribution in [2.24, 2.45) is 0 Å². The highest BCUT2D eigenvalue weighted by Crippen LogP contribution is 2.08. The summed E-state index contributed by atoms with van der Waals surface area (Å²) >= 11 is 0. The van der Waals surface area contributed by atoms with E-state index in [1.807, 2.05) is 0 Å². The van der Waals surface area contributed by atoms with Crippen molar-refractivity contribution < 1.29 is 4.79 Å². The third-order valence-electron chi connectivity index (χ3n) is 3.41. The summed E-state index contributed by atoms with van der Waals surface area (Å²) < 4.78 is 1.78. The summed E-state index contributed by atoms with van der Waals surface area (Å²) in [6, 6.07) is 3.71. The number of nitrogens with zero attached hydrogens (tertiary/aromatic N) is 3. The van der Waals surface area contributed by atoms with Crippen LogP contribution >= 0.6 is 24.8 Å². The third kappa shape index (κ3) is 4.43. The van der Waals surface area contributed by atoms with Crippen LogP contribution in [0.5, 0.6) is 0 Å². The van der Waals surface area contributed by atoms with Gasteiger partial charge in [0.1, 0.15) is 12.1 Å². The number of aromatic nitrogens is 3. The average molecular weight is 344 g/mol. The Morgan fingerprint density at radius 2 is 2.23 bits per heavy atom. The zero-order valence-corrected chi connectivity index (χ0v) is 13.6. The number of halogens is 2. The van der Waals surface area contributed by atoms with Gasteiger partial charge in [-0.05, 0) is 31.5 Å². The minimum absolute atomic E-state index is 0. The SMILES string of the molecule is Cl.Cl.O=C(NC1CCCNC1)c1ccnc(-n2ccnc2)c1. The molecule has 1 unspecified atom stereocenters. The molecule has 6 nitrogen and oxygen atoms in total. The van der Waals surface area contributed by atoms with Crippen molar-refractivity contribution in [3.05, 3.63) is 42.6 Å². The maximum absolute atomic E-state index is 12.2. The monoisotopic (exact) mass is 343 g/mol. The second kappa shape index (κ2) is 8.73. The molecular formula is C14H19Cl2N5O. The second-order valence-corrected chi connectivity index (χ2v) is 4.89. The largest absolute Gasteiger partial charge is 0.348 e. The number of hydrogen-bond donors (Lipinski definition) is 2. The van der Waals surface area contributed by atoms with E-state index < -0.39 is 0 Å². The summed E-state index contributed by atoms with van der Waals surface area (Å²) in [6.45, 7) is 1.87. The van der Waals surface area contributed by atoms with Crippen molar-refractivity contribution in [1.29, 1.82) is 0 Å². The molecule has 1 aliphatic heterocycles. The Hall–Kier alpha value is -1.63. The fourth-order valence-corrected chi connectivity index (χ4v) is 2.34. The van der Waals surface area contributed by atoms with E-state index in [9.17, 15) is 4.79 Å². The zero-order valence-electron chi connectivity index (χ0n) is 11.9. The summed E-state index contributed by atoms with van der Waals surface area (Å²) in [5.74, 6) is 0.638. The predicted molar refractivity (Wildman–Crippen MR) is 89.2 cm³/mol. The lowest BCUT2D eigenvalue weighted by molar-refractivity contribution is 0.0930. The molecule has 1 atom stereocenters. The highest BCUT2D eigenvalue weighted by atomic mass is 35.5. The van der Waals surface area contributed by atoms with Crippen LogP contribution in [0.15, 0.2) is 37.1 Å². The molecule has 2 aromatic rings. The summed E-state index contributed by atoms with van der Waals surface area (Å²) in [5.41, 5.74) is 0.620. The zero-order chi connectivity index (χ0) is 13.8. The van der Waals surface area contributed by atoms with Crippen LogP contribution in [0.4, 0.5) is 0 Å². The molecule has 0 aliphatic carbocycles. The van der Waals surface area contributed by atoms with Gasteiger partial charge in [-0.2, -0.15) is 0 Å². The molecule has 0 spiro atoms. The molecule has 1 saturated heterocycles. The molecule has 0 radical (unpaired) electrons. The van der Waals surface area contributed by atoms with Crippen molar-refractivity contribution in [2.45, 2.75) is 18.9 Å². The quantitative estimate of drug-likeness (QED) is 0.887. The molecule has 8 heteroatoms. The number of nitrogens with one attached hydrogen (secondary N) is 2. The first-order valence-corrected chi connectivity index (χ1v) is 6.79. The maximum atomic E-state index is 12.2. The topological polar surface area (TPSA) is 71.8 Å². The fraction of sp³-hybridized carbons (Fsp3) is 0.357. The molecule has 2 N–H and O–H groups in total. The molecule has 3 rings (SSSR count). The van der Waals surface area contributed by atoms with Gasteiger partial charge in [-0.15, -0.1) is 24.8 Å². The van der Waals surface area contributed by atoms with Crippen LogP contribution in [0.3, 0.4) is 0 Å². The van der Waals surface area contributed by atoms with Crippen LogP contribution in [0, 0.1) is 0 Å². The molecule has 1 aliphatic rings. The first kappa shape index (κ1) is 18.4. The normalized spacial score (nSPS) is 17.0. The van der Waals surface area contributed by atoms with E-state index in [0.29, 0.717) is 11.4 Å². The van der Waals surface area contributed by atoms with Gasteiger partial charge in [-0.25, -0.2) is 9.97 Å². The second-order valence-electron chi connectivity index (χ2n) is 4.89. The molecule has 0 saturated carbocycles. The third-order valence-corrected chi connectivity index (χ3v) is 3.41. The molecule has 22 heavy (non-hydrogen) atoms. The predicted octanol–water partition coefficient (Wildman–Crippen LogP) is 1.59. The summed E-state index contributed by atoms with van der Waals surface area (Å²) in [4.78, 5) is 20.5. The van der Waals surface area contributed by atoms with Gasteiger partial charge in [0.2, 0.25) is 0 Å². The van der Waals surface area contributed by atoms with Gasteiger partial charge < -0.3 is 10.6 Å². The summed E-state index contributed by atoms with van der Waals surface area (Å²) in [6.07, 6.45) is 8.91. The number of carbonyl (C=O) groups is 1. The number of rotatable bonds is 3. The standard InChI is InChI=1S/C14H17N5O.2ClH/c20-14(18-12-2-1-4-15-9-12)11-3-5-17-13(8-11)19-7-6-16-10-19;;/h3,5-8,10,12,15H,1-2,4,9H2,(H,18,20);2*1H. The van der Waals surface area contributed by atoms with E-state index in [1.54, 1.807) is 41.6 Å². The Morgan fingerprint density at radius 3 is 2.91 bits per heavy atom. The van der Waals surface area contributed by atoms with Crippen molar-refractivity contribution >= 4 is 30.7 Å². The average Bonchev–Trinajstić information content (AvgIpc) is 3.03. The van der Waals surface area contributed by atoms with E-state index >= 15 is 0 Å². The van der Waals surface area contributed by atoms with Gasteiger partial charge in [0.15, 0.2) is 0 Å². The lowest BCUT2D eigenvalue weighted by atomic mass is 10.1. The van der Waals surface area contributed by atoms with E-state index in [1.165, 1.54) is 0 Å². The minimum atomic E-state index is -0.0533. The first-order chi connectivity index (χ1) is 9.83. The highest BCUT2D eigenvalue weighted by molar-refractivity contribution is 5.94. The molecule has 1 fully saturated rings. The summed E-state index contributed by atoms with van der Waals surface area (Å²) in [7, 11) is 0. The van der Waals surface area contributed by atoms with Gasteiger partial charge in [0.05, 0.1) is 0 Å². The number of carbonyl (C=O) groups excluding carboxylic acids is 1. The van der Waals surface area contributed by atoms with Crippen LogP contribution in [0.1, 0.15) is 23.2 Å². The number of piperidine rings is 1. The van der Waals surface area contributed by atoms with Gasteiger partial charge in [0.25, 0.3) is 5.91 Å². The Bertz CT molecular complexity index is 585.